The van der Waals surface area contributed by atoms with Crippen LogP contribution in [0.5, 0.6) is 0 Å². The predicted molar refractivity (Wildman–Crippen MR) is 109 cm³/mol. The zero-order valence-corrected chi connectivity index (χ0v) is 16.8. The molecule has 0 unspecified atom stereocenters. The third-order valence-electron chi connectivity index (χ3n) is 4.76. The smallest absolute Gasteiger partial charge is 0.323 e. The maximum absolute atomic E-state index is 12.4. The molecule has 0 atom stereocenters. The Labute approximate surface area is 171 Å². The van der Waals surface area contributed by atoms with E-state index in [1.807, 2.05) is 17.0 Å². The van der Waals surface area contributed by atoms with Crippen molar-refractivity contribution in [1.82, 2.24) is 20.0 Å². The molecule has 4 rings (SSSR count). The van der Waals surface area contributed by atoms with Crippen molar-refractivity contribution in [2.45, 2.75) is 18.8 Å². The summed E-state index contributed by atoms with van der Waals surface area (Å²) in [5.41, 5.74) is 0.606. The molecule has 1 saturated carbocycles. The van der Waals surface area contributed by atoms with Crippen LogP contribution in [0.25, 0.3) is 0 Å². The second-order valence-corrected chi connectivity index (χ2v) is 8.36. The SMILES string of the molecule is O=C(CN1CCN(C(=O)Nc2nnc(C3CC3)s2)CC1)Nc1ccccc1Cl. The molecule has 2 aliphatic rings. The number of urea groups is 1. The largest absolute Gasteiger partial charge is 0.324 e. The number of nitrogens with one attached hydrogen (secondary N) is 2. The third-order valence-corrected chi connectivity index (χ3v) is 6.09. The number of halogens is 1. The van der Waals surface area contributed by atoms with E-state index < -0.39 is 0 Å². The topological polar surface area (TPSA) is 90.5 Å². The fraction of sp³-hybridized carbons (Fsp3) is 0.444. The molecule has 2 N–H and O–H groups in total. The number of anilines is 2. The lowest BCUT2D eigenvalue weighted by atomic mass is 10.3. The maximum Gasteiger partial charge on any atom is 0.323 e. The van der Waals surface area contributed by atoms with Gasteiger partial charge in [0, 0.05) is 32.1 Å². The van der Waals surface area contributed by atoms with Crippen LogP contribution in [0.2, 0.25) is 5.02 Å². The van der Waals surface area contributed by atoms with Gasteiger partial charge in [-0.3, -0.25) is 15.0 Å². The first-order chi connectivity index (χ1) is 13.6. The van der Waals surface area contributed by atoms with E-state index in [9.17, 15) is 9.59 Å². The van der Waals surface area contributed by atoms with Crippen molar-refractivity contribution in [3.8, 4) is 0 Å². The van der Waals surface area contributed by atoms with Gasteiger partial charge in [-0.15, -0.1) is 10.2 Å². The first-order valence-electron chi connectivity index (χ1n) is 9.24. The van der Waals surface area contributed by atoms with Crippen molar-refractivity contribution in [1.29, 1.82) is 0 Å². The Bertz CT molecular complexity index is 863. The van der Waals surface area contributed by atoms with Gasteiger partial charge in [-0.2, -0.15) is 0 Å². The molecule has 8 nitrogen and oxygen atoms in total. The minimum Gasteiger partial charge on any atom is -0.324 e. The Kier molecular flexibility index (Phi) is 5.74. The summed E-state index contributed by atoms with van der Waals surface area (Å²) in [6.07, 6.45) is 2.32. The van der Waals surface area contributed by atoms with Crippen LogP contribution < -0.4 is 10.6 Å². The molecule has 0 spiro atoms. The lowest BCUT2D eigenvalue weighted by Gasteiger charge is -2.34. The number of hydrogen-bond donors (Lipinski definition) is 2. The van der Waals surface area contributed by atoms with Crippen molar-refractivity contribution in [3.63, 3.8) is 0 Å². The van der Waals surface area contributed by atoms with Gasteiger partial charge in [0.05, 0.1) is 17.3 Å². The highest BCUT2D eigenvalue weighted by atomic mass is 35.5. The third kappa shape index (κ3) is 4.78. The number of hydrogen-bond acceptors (Lipinski definition) is 6. The van der Waals surface area contributed by atoms with E-state index in [2.05, 4.69) is 20.8 Å². The number of carbonyl (C=O) groups is 2. The minimum atomic E-state index is -0.168. The molecule has 3 amide bonds. The second-order valence-electron chi connectivity index (χ2n) is 6.94. The molecule has 2 aromatic rings. The van der Waals surface area contributed by atoms with Crippen molar-refractivity contribution in [2.24, 2.45) is 0 Å². The molecule has 1 aromatic heterocycles. The van der Waals surface area contributed by atoms with Gasteiger partial charge in [-0.1, -0.05) is 35.1 Å². The van der Waals surface area contributed by atoms with E-state index >= 15 is 0 Å². The van der Waals surface area contributed by atoms with Gasteiger partial charge in [-0.25, -0.2) is 4.79 Å². The number of carbonyl (C=O) groups excluding carboxylic acids is 2. The van der Waals surface area contributed by atoms with Gasteiger partial charge in [0.2, 0.25) is 11.0 Å². The standard InChI is InChI=1S/C18H21ClN6O2S/c19-13-3-1-2-4-14(13)20-15(26)11-24-7-9-25(10-8-24)18(27)21-17-23-22-16(28-17)12-5-6-12/h1-4,12H,5-11H2,(H,20,26)(H,21,23,27). The summed E-state index contributed by atoms with van der Waals surface area (Å²) < 4.78 is 0. The van der Waals surface area contributed by atoms with Gasteiger partial charge >= 0.3 is 6.03 Å². The van der Waals surface area contributed by atoms with Crippen molar-refractivity contribution < 1.29 is 9.59 Å². The molecule has 0 radical (unpaired) electrons. The fourth-order valence-corrected chi connectivity index (χ4v) is 4.10. The van der Waals surface area contributed by atoms with E-state index in [4.69, 9.17) is 11.6 Å². The van der Waals surface area contributed by atoms with Crippen molar-refractivity contribution in [2.75, 3.05) is 43.4 Å². The fourth-order valence-electron chi connectivity index (χ4n) is 3.02. The first kappa shape index (κ1) is 19.1. The summed E-state index contributed by atoms with van der Waals surface area (Å²) in [5.74, 6) is 0.413. The van der Waals surface area contributed by atoms with Crippen LogP contribution >= 0.6 is 22.9 Å². The van der Waals surface area contributed by atoms with Gasteiger partial charge in [0.25, 0.3) is 0 Å². The number of benzene rings is 1. The summed E-state index contributed by atoms with van der Waals surface area (Å²) in [5, 5.41) is 15.9. The monoisotopic (exact) mass is 420 g/mol. The highest BCUT2D eigenvalue weighted by Gasteiger charge is 2.28. The zero-order valence-electron chi connectivity index (χ0n) is 15.2. The molecule has 148 valence electrons. The van der Waals surface area contributed by atoms with E-state index in [1.165, 1.54) is 11.3 Å². The van der Waals surface area contributed by atoms with Crippen LogP contribution in [0.15, 0.2) is 24.3 Å². The molecular weight excluding hydrogens is 400 g/mol. The molecular formula is C18H21ClN6O2S. The van der Waals surface area contributed by atoms with E-state index in [-0.39, 0.29) is 18.5 Å². The molecule has 0 bridgehead atoms. The molecule has 28 heavy (non-hydrogen) atoms. The number of nitrogens with zero attached hydrogens (tertiary/aromatic N) is 4. The number of amides is 3. The van der Waals surface area contributed by atoms with Crippen molar-refractivity contribution >= 4 is 45.7 Å². The van der Waals surface area contributed by atoms with Crippen LogP contribution in [0.3, 0.4) is 0 Å². The zero-order chi connectivity index (χ0) is 19.5. The number of rotatable bonds is 5. The van der Waals surface area contributed by atoms with Crippen LogP contribution in [-0.2, 0) is 4.79 Å². The minimum absolute atomic E-state index is 0.118. The van der Waals surface area contributed by atoms with E-state index in [0.717, 1.165) is 17.8 Å². The Morgan fingerprint density at radius 1 is 1.11 bits per heavy atom. The normalized spacial score (nSPS) is 17.4. The van der Waals surface area contributed by atoms with Crippen LogP contribution in [0, 0.1) is 0 Å². The number of aromatic nitrogens is 2. The molecule has 1 aliphatic carbocycles. The van der Waals surface area contributed by atoms with Gasteiger partial charge in [-0.05, 0) is 25.0 Å². The average Bonchev–Trinajstić information content (AvgIpc) is 3.43. The Morgan fingerprint density at radius 2 is 1.86 bits per heavy atom. The van der Waals surface area contributed by atoms with Crippen molar-refractivity contribution in [3.05, 3.63) is 34.3 Å². The summed E-state index contributed by atoms with van der Waals surface area (Å²) in [7, 11) is 0. The molecule has 2 fully saturated rings. The highest BCUT2D eigenvalue weighted by Crippen LogP contribution is 2.42. The van der Waals surface area contributed by atoms with E-state index in [1.54, 1.807) is 17.0 Å². The first-order valence-corrected chi connectivity index (χ1v) is 10.4. The summed E-state index contributed by atoms with van der Waals surface area (Å²) in [6.45, 7) is 2.64. The molecule has 1 aliphatic heterocycles. The summed E-state index contributed by atoms with van der Waals surface area (Å²) >= 11 is 7.52. The van der Waals surface area contributed by atoms with Gasteiger partial charge in [0.1, 0.15) is 5.01 Å². The van der Waals surface area contributed by atoms with Gasteiger partial charge in [0.15, 0.2) is 0 Å². The molecule has 2 heterocycles. The van der Waals surface area contributed by atoms with Crippen LogP contribution in [0.1, 0.15) is 23.8 Å². The average molecular weight is 421 g/mol. The second kappa shape index (κ2) is 8.42. The number of para-hydroxylation sites is 1. The van der Waals surface area contributed by atoms with E-state index in [0.29, 0.717) is 47.9 Å². The van der Waals surface area contributed by atoms with Crippen LogP contribution in [-0.4, -0.2) is 64.7 Å². The lowest BCUT2D eigenvalue weighted by Crippen LogP contribution is -2.51. The van der Waals surface area contributed by atoms with Crippen LogP contribution in [0.4, 0.5) is 15.6 Å². The Morgan fingerprint density at radius 3 is 2.57 bits per heavy atom. The molecule has 1 aromatic carbocycles. The quantitative estimate of drug-likeness (QED) is 0.776. The Balaban J connectivity index is 1.22. The Hall–Kier alpha value is -2.23. The lowest BCUT2D eigenvalue weighted by molar-refractivity contribution is -0.117. The van der Waals surface area contributed by atoms with Gasteiger partial charge < -0.3 is 10.2 Å². The molecule has 10 heteroatoms. The molecule has 1 saturated heterocycles. The summed E-state index contributed by atoms with van der Waals surface area (Å²) in [4.78, 5) is 28.4. The predicted octanol–water partition coefficient (Wildman–Crippen LogP) is 2.86. The highest BCUT2D eigenvalue weighted by molar-refractivity contribution is 7.15. The summed E-state index contributed by atoms with van der Waals surface area (Å²) in [6, 6.07) is 6.98. The number of piperazine rings is 1. The maximum atomic E-state index is 12.4.